The van der Waals surface area contributed by atoms with Crippen molar-refractivity contribution in [2.75, 3.05) is 11.9 Å². The Morgan fingerprint density at radius 2 is 2.12 bits per heavy atom. The molecule has 2 aromatic rings. The van der Waals surface area contributed by atoms with Crippen molar-refractivity contribution in [3.8, 4) is 0 Å². The number of hydrogen-bond acceptors (Lipinski definition) is 6. The summed E-state index contributed by atoms with van der Waals surface area (Å²) in [6.45, 7) is 5.39. The van der Waals surface area contributed by atoms with Gasteiger partial charge in [-0.3, -0.25) is 9.59 Å². The molecule has 8 nitrogen and oxygen atoms in total. The third kappa shape index (κ3) is 2.03. The summed E-state index contributed by atoms with van der Waals surface area (Å²) in [5.74, 6) is -0.318. The van der Waals surface area contributed by atoms with E-state index in [0.29, 0.717) is 22.6 Å². The first-order valence-electron chi connectivity index (χ1n) is 8.01. The van der Waals surface area contributed by atoms with Crippen molar-refractivity contribution in [2.45, 2.75) is 31.7 Å². The number of benzene rings is 1. The molecule has 0 bridgehead atoms. The van der Waals surface area contributed by atoms with Gasteiger partial charge in [0.25, 0.3) is 0 Å². The summed E-state index contributed by atoms with van der Waals surface area (Å²) in [5.41, 5.74) is 0.524. The van der Waals surface area contributed by atoms with Crippen LogP contribution in [0.25, 0.3) is 11.0 Å². The first-order valence-corrected chi connectivity index (χ1v) is 8.01. The molecule has 2 N–H and O–H groups in total. The van der Waals surface area contributed by atoms with E-state index in [1.54, 1.807) is 32.2 Å². The number of nitrogens with one attached hydrogen (secondary N) is 2. The third-order valence-electron chi connectivity index (χ3n) is 4.76. The van der Waals surface area contributed by atoms with Crippen molar-refractivity contribution in [2.24, 2.45) is 10.2 Å². The van der Waals surface area contributed by atoms with Gasteiger partial charge in [-0.2, -0.15) is 10.2 Å². The number of aromatic amines is 1. The maximum Gasteiger partial charge on any atom is 0.326 e. The number of amides is 1. The van der Waals surface area contributed by atoms with E-state index in [1.807, 2.05) is 13.0 Å². The number of aromatic nitrogens is 2. The van der Waals surface area contributed by atoms with E-state index in [1.165, 1.54) is 0 Å². The topological polar surface area (TPSA) is 109 Å². The van der Waals surface area contributed by atoms with E-state index >= 15 is 0 Å². The van der Waals surface area contributed by atoms with Gasteiger partial charge >= 0.3 is 5.97 Å². The number of imidazole rings is 1. The van der Waals surface area contributed by atoms with E-state index in [0.717, 1.165) is 5.52 Å². The fourth-order valence-electron chi connectivity index (χ4n) is 3.15. The van der Waals surface area contributed by atoms with Crippen LogP contribution in [-0.4, -0.2) is 28.5 Å². The van der Waals surface area contributed by atoms with Crippen LogP contribution < -0.4 is 5.32 Å². The molecule has 3 heterocycles. The Morgan fingerprint density at radius 1 is 1.32 bits per heavy atom. The van der Waals surface area contributed by atoms with Crippen molar-refractivity contribution < 1.29 is 14.3 Å². The van der Waals surface area contributed by atoms with Crippen LogP contribution >= 0.6 is 0 Å². The summed E-state index contributed by atoms with van der Waals surface area (Å²) in [6.07, 6.45) is 3.48. The average Bonchev–Trinajstić information content (AvgIpc) is 3.25. The minimum Gasteiger partial charge on any atom is -0.465 e. The Bertz CT molecular complexity index is 962. The molecule has 0 saturated carbocycles. The smallest absolute Gasteiger partial charge is 0.326 e. The Balaban J connectivity index is 1.85. The fourth-order valence-corrected chi connectivity index (χ4v) is 3.15. The lowest BCUT2D eigenvalue weighted by Crippen LogP contribution is -2.40. The molecule has 2 aliphatic rings. The van der Waals surface area contributed by atoms with E-state index in [4.69, 9.17) is 4.74 Å². The second-order valence-corrected chi connectivity index (χ2v) is 6.48. The molecule has 2 aliphatic heterocycles. The summed E-state index contributed by atoms with van der Waals surface area (Å²) < 4.78 is 5.11. The number of azo groups is 1. The van der Waals surface area contributed by atoms with Crippen LogP contribution in [0, 0.1) is 0 Å². The summed E-state index contributed by atoms with van der Waals surface area (Å²) >= 11 is 0. The number of rotatable bonds is 3. The number of esters is 1. The molecule has 0 saturated heterocycles. The SMILES string of the molecule is CCOC(=O)C1(C)C(=O)Nc2cc3[nH]c(C4(C)C=CN=N4)nc3cc21. The Kier molecular flexibility index (Phi) is 3.09. The number of anilines is 1. The number of carbonyl (C=O) groups excluding carboxylic acids is 2. The molecular weight excluding hydrogens is 322 g/mol. The molecule has 1 aromatic heterocycles. The molecular formula is C17H17N5O3. The second-order valence-electron chi connectivity index (χ2n) is 6.48. The van der Waals surface area contributed by atoms with Crippen LogP contribution in [0.4, 0.5) is 5.69 Å². The van der Waals surface area contributed by atoms with E-state index in [-0.39, 0.29) is 6.61 Å². The number of ether oxygens (including phenoxy) is 1. The number of nitrogens with zero attached hydrogens (tertiary/aromatic N) is 3. The van der Waals surface area contributed by atoms with E-state index < -0.39 is 22.8 Å². The highest BCUT2D eigenvalue weighted by Crippen LogP contribution is 2.41. The fraction of sp³-hybridized carbons (Fsp3) is 0.353. The maximum atomic E-state index is 12.4. The summed E-state index contributed by atoms with van der Waals surface area (Å²) in [4.78, 5) is 32.6. The van der Waals surface area contributed by atoms with Crippen molar-refractivity contribution in [3.05, 3.63) is 35.8 Å². The zero-order valence-corrected chi connectivity index (χ0v) is 14.1. The molecule has 0 spiro atoms. The number of H-pyrrole nitrogens is 1. The van der Waals surface area contributed by atoms with Crippen LogP contribution in [0.3, 0.4) is 0 Å². The average molecular weight is 339 g/mol. The van der Waals surface area contributed by atoms with Crippen LogP contribution in [-0.2, 0) is 25.3 Å². The summed E-state index contributed by atoms with van der Waals surface area (Å²) in [5, 5.41) is 10.8. The Labute approximate surface area is 143 Å². The van der Waals surface area contributed by atoms with Crippen molar-refractivity contribution in [1.82, 2.24) is 9.97 Å². The van der Waals surface area contributed by atoms with E-state index in [9.17, 15) is 9.59 Å². The highest BCUT2D eigenvalue weighted by molar-refractivity contribution is 6.19. The van der Waals surface area contributed by atoms with Gasteiger partial charge in [-0.15, -0.1) is 0 Å². The monoisotopic (exact) mass is 339 g/mol. The standard InChI is InChI=1S/C17H17N5O3/c1-4-25-15(24)17(3)9-7-11-12(8-10(9)21-14(17)23)20-13(19-11)16(2)5-6-18-22-16/h5-8H,4H2,1-3H3,(H,19,20)(H,21,23). The second kappa shape index (κ2) is 4.98. The van der Waals surface area contributed by atoms with Crippen LogP contribution in [0.2, 0.25) is 0 Å². The van der Waals surface area contributed by atoms with Gasteiger partial charge in [-0.1, -0.05) is 0 Å². The van der Waals surface area contributed by atoms with Gasteiger partial charge in [0.05, 0.1) is 17.6 Å². The van der Waals surface area contributed by atoms with Crippen molar-refractivity contribution in [3.63, 3.8) is 0 Å². The predicted octanol–water partition coefficient (Wildman–Crippen LogP) is 2.53. The van der Waals surface area contributed by atoms with Crippen molar-refractivity contribution >= 4 is 28.6 Å². The van der Waals surface area contributed by atoms with Crippen LogP contribution in [0.15, 0.2) is 34.6 Å². The Hall–Kier alpha value is -3.03. The Morgan fingerprint density at radius 3 is 2.80 bits per heavy atom. The van der Waals surface area contributed by atoms with Crippen LogP contribution in [0.1, 0.15) is 32.2 Å². The zero-order chi connectivity index (χ0) is 17.8. The highest BCUT2D eigenvalue weighted by Gasteiger charge is 2.50. The molecule has 4 rings (SSSR count). The molecule has 2 atom stereocenters. The quantitative estimate of drug-likeness (QED) is 0.661. The van der Waals surface area contributed by atoms with Gasteiger partial charge in [-0.05, 0) is 39.0 Å². The number of hydrogen-bond donors (Lipinski definition) is 2. The van der Waals surface area contributed by atoms with Crippen molar-refractivity contribution in [1.29, 1.82) is 0 Å². The van der Waals surface area contributed by atoms with E-state index in [2.05, 4.69) is 25.5 Å². The lowest BCUT2D eigenvalue weighted by Gasteiger charge is -2.19. The number of fused-ring (bicyclic) bond motifs is 2. The predicted molar refractivity (Wildman–Crippen MR) is 90.1 cm³/mol. The molecule has 0 radical (unpaired) electrons. The van der Waals surface area contributed by atoms with Gasteiger partial charge in [-0.25, -0.2) is 4.98 Å². The normalized spacial score (nSPS) is 26.9. The van der Waals surface area contributed by atoms with Gasteiger partial charge in [0.1, 0.15) is 5.82 Å². The molecule has 1 aromatic carbocycles. The van der Waals surface area contributed by atoms with Crippen LogP contribution in [0.5, 0.6) is 0 Å². The minimum atomic E-state index is -1.38. The van der Waals surface area contributed by atoms with Gasteiger partial charge in [0.2, 0.25) is 5.91 Å². The molecule has 8 heteroatoms. The maximum absolute atomic E-state index is 12.4. The van der Waals surface area contributed by atoms with Gasteiger partial charge < -0.3 is 15.0 Å². The third-order valence-corrected chi connectivity index (χ3v) is 4.76. The zero-order valence-electron chi connectivity index (χ0n) is 14.1. The molecule has 0 fully saturated rings. The summed E-state index contributed by atoms with van der Waals surface area (Å²) in [6, 6.07) is 3.53. The highest BCUT2D eigenvalue weighted by atomic mass is 16.5. The largest absolute Gasteiger partial charge is 0.465 e. The van der Waals surface area contributed by atoms with Gasteiger partial charge in [0, 0.05) is 17.5 Å². The molecule has 128 valence electrons. The first kappa shape index (κ1) is 15.5. The lowest BCUT2D eigenvalue weighted by molar-refractivity contribution is -0.152. The van der Waals surface area contributed by atoms with Gasteiger partial charge in [0.15, 0.2) is 11.0 Å². The molecule has 1 amide bonds. The first-order chi connectivity index (χ1) is 11.9. The number of carbonyl (C=O) groups is 2. The molecule has 2 unspecified atom stereocenters. The molecule has 0 aliphatic carbocycles. The summed E-state index contributed by atoms with van der Waals surface area (Å²) in [7, 11) is 0. The lowest BCUT2D eigenvalue weighted by atomic mass is 9.83. The molecule has 25 heavy (non-hydrogen) atoms. The minimum absolute atomic E-state index is 0.210.